The van der Waals surface area contributed by atoms with Crippen LogP contribution in [0.5, 0.6) is 0 Å². The molecule has 1 rings (SSSR count). The van der Waals surface area contributed by atoms with Crippen LogP contribution in [-0.4, -0.2) is 37.0 Å². The molecule has 0 saturated carbocycles. The maximum Gasteiger partial charge on any atom is 0.209 e. The molecule has 0 bridgehead atoms. The van der Waals surface area contributed by atoms with Gasteiger partial charge in [0, 0.05) is 25.7 Å². The standard InChI is InChI=1S/C7H13N2O/c1-2-7-5-9(6-10)4-3-8-7/h2,6-8H,3-5H2,1H3. The molecule has 1 saturated heterocycles. The predicted molar refractivity (Wildman–Crippen MR) is 39.4 cm³/mol. The third-order valence-electron chi connectivity index (χ3n) is 1.79. The first-order chi connectivity index (χ1) is 4.86. The Kier molecular flexibility index (Phi) is 2.68. The Morgan fingerprint density at radius 2 is 2.50 bits per heavy atom. The molecule has 3 nitrogen and oxygen atoms in total. The molecule has 1 unspecified atom stereocenters. The first-order valence-corrected chi connectivity index (χ1v) is 3.59. The van der Waals surface area contributed by atoms with Gasteiger partial charge in [-0.25, -0.2) is 0 Å². The molecule has 0 spiro atoms. The van der Waals surface area contributed by atoms with Crippen molar-refractivity contribution in [3.8, 4) is 0 Å². The van der Waals surface area contributed by atoms with Crippen molar-refractivity contribution in [2.24, 2.45) is 0 Å². The zero-order valence-corrected chi connectivity index (χ0v) is 6.21. The first-order valence-electron chi connectivity index (χ1n) is 3.59. The van der Waals surface area contributed by atoms with Gasteiger partial charge in [-0.05, 0) is 6.42 Å². The van der Waals surface area contributed by atoms with Crippen LogP contribution in [0.1, 0.15) is 6.92 Å². The highest BCUT2D eigenvalue weighted by atomic mass is 16.1. The maximum atomic E-state index is 10.3. The highest BCUT2D eigenvalue weighted by Crippen LogP contribution is 1.97. The van der Waals surface area contributed by atoms with Gasteiger partial charge in [-0.2, -0.15) is 0 Å². The number of hydrogen-bond acceptors (Lipinski definition) is 2. The molecular weight excluding hydrogens is 128 g/mol. The molecule has 1 radical (unpaired) electrons. The van der Waals surface area contributed by atoms with Crippen molar-refractivity contribution >= 4 is 6.41 Å². The van der Waals surface area contributed by atoms with Crippen molar-refractivity contribution in [2.75, 3.05) is 19.6 Å². The summed E-state index contributed by atoms with van der Waals surface area (Å²) in [5, 5.41) is 3.28. The molecule has 0 aliphatic carbocycles. The van der Waals surface area contributed by atoms with E-state index in [0.29, 0.717) is 6.04 Å². The molecule has 1 aliphatic heterocycles. The van der Waals surface area contributed by atoms with Crippen LogP contribution in [-0.2, 0) is 4.79 Å². The second-order valence-electron chi connectivity index (χ2n) is 2.49. The molecule has 1 amide bonds. The van der Waals surface area contributed by atoms with E-state index in [2.05, 4.69) is 11.7 Å². The fourth-order valence-corrected chi connectivity index (χ4v) is 1.12. The van der Waals surface area contributed by atoms with Crippen LogP contribution >= 0.6 is 0 Å². The predicted octanol–water partition coefficient (Wildman–Crippen LogP) is -0.359. The quantitative estimate of drug-likeness (QED) is 0.533. The average molecular weight is 141 g/mol. The lowest BCUT2D eigenvalue weighted by molar-refractivity contribution is -0.119. The molecule has 0 aromatic carbocycles. The molecule has 1 N–H and O–H groups in total. The SMILES string of the molecule is C[CH]C1CN(C=O)CCN1. The number of amides is 1. The number of piperazine rings is 1. The van der Waals surface area contributed by atoms with Gasteiger partial charge in [0.2, 0.25) is 6.41 Å². The van der Waals surface area contributed by atoms with Crippen LogP contribution in [0.4, 0.5) is 0 Å². The molecule has 1 fully saturated rings. The Labute approximate surface area is 61.4 Å². The number of carbonyl (C=O) groups is 1. The number of rotatable bonds is 2. The van der Waals surface area contributed by atoms with Gasteiger partial charge in [-0.3, -0.25) is 4.79 Å². The summed E-state index contributed by atoms with van der Waals surface area (Å²) < 4.78 is 0. The Bertz CT molecular complexity index is 116. The van der Waals surface area contributed by atoms with E-state index in [0.717, 1.165) is 26.0 Å². The summed E-state index contributed by atoms with van der Waals surface area (Å²) in [4.78, 5) is 12.1. The second kappa shape index (κ2) is 3.56. The van der Waals surface area contributed by atoms with Crippen LogP contribution < -0.4 is 5.32 Å². The zero-order chi connectivity index (χ0) is 7.40. The highest BCUT2D eigenvalue weighted by molar-refractivity contribution is 5.47. The monoisotopic (exact) mass is 141 g/mol. The van der Waals surface area contributed by atoms with E-state index < -0.39 is 0 Å². The lowest BCUT2D eigenvalue weighted by Gasteiger charge is -2.30. The molecule has 1 atom stereocenters. The second-order valence-corrected chi connectivity index (χ2v) is 2.49. The van der Waals surface area contributed by atoms with E-state index >= 15 is 0 Å². The van der Waals surface area contributed by atoms with Gasteiger partial charge in [0.25, 0.3) is 0 Å². The minimum Gasteiger partial charge on any atom is -0.342 e. The van der Waals surface area contributed by atoms with Gasteiger partial charge < -0.3 is 10.2 Å². The van der Waals surface area contributed by atoms with Gasteiger partial charge >= 0.3 is 0 Å². The zero-order valence-electron chi connectivity index (χ0n) is 6.21. The topological polar surface area (TPSA) is 32.3 Å². The van der Waals surface area contributed by atoms with Gasteiger partial charge in [0.1, 0.15) is 0 Å². The van der Waals surface area contributed by atoms with Gasteiger partial charge in [0.05, 0.1) is 0 Å². The van der Waals surface area contributed by atoms with Crippen molar-refractivity contribution < 1.29 is 4.79 Å². The van der Waals surface area contributed by atoms with Gasteiger partial charge in [0.15, 0.2) is 0 Å². The fraction of sp³-hybridized carbons (Fsp3) is 0.714. The minimum atomic E-state index is 0.388. The number of nitrogens with one attached hydrogen (secondary N) is 1. The lowest BCUT2D eigenvalue weighted by atomic mass is 10.2. The summed E-state index contributed by atoms with van der Waals surface area (Å²) >= 11 is 0. The van der Waals surface area contributed by atoms with E-state index in [1.54, 1.807) is 4.90 Å². The molecule has 1 aliphatic rings. The molecule has 1 heterocycles. The highest BCUT2D eigenvalue weighted by Gasteiger charge is 2.15. The molecule has 10 heavy (non-hydrogen) atoms. The Balaban J connectivity index is 2.31. The van der Waals surface area contributed by atoms with Crippen molar-refractivity contribution in [3.05, 3.63) is 6.42 Å². The van der Waals surface area contributed by atoms with Crippen LogP contribution in [0, 0.1) is 6.42 Å². The fourth-order valence-electron chi connectivity index (χ4n) is 1.12. The largest absolute Gasteiger partial charge is 0.342 e. The maximum absolute atomic E-state index is 10.3. The Morgan fingerprint density at radius 3 is 3.10 bits per heavy atom. The average Bonchev–Trinajstić information content (AvgIpc) is 2.05. The number of carbonyl (C=O) groups excluding carboxylic acids is 1. The van der Waals surface area contributed by atoms with Crippen molar-refractivity contribution in [1.29, 1.82) is 0 Å². The van der Waals surface area contributed by atoms with Crippen molar-refractivity contribution in [2.45, 2.75) is 13.0 Å². The molecule has 57 valence electrons. The van der Waals surface area contributed by atoms with E-state index in [-0.39, 0.29) is 0 Å². The normalized spacial score (nSPS) is 26.5. The third kappa shape index (κ3) is 1.70. The van der Waals surface area contributed by atoms with Crippen LogP contribution in [0.3, 0.4) is 0 Å². The summed E-state index contributed by atoms with van der Waals surface area (Å²) in [7, 11) is 0. The lowest BCUT2D eigenvalue weighted by Crippen LogP contribution is -2.49. The summed E-state index contributed by atoms with van der Waals surface area (Å²) in [5.41, 5.74) is 0. The summed E-state index contributed by atoms with van der Waals surface area (Å²) in [6.45, 7) is 4.58. The third-order valence-corrected chi connectivity index (χ3v) is 1.79. The van der Waals surface area contributed by atoms with E-state index in [4.69, 9.17) is 0 Å². The van der Waals surface area contributed by atoms with E-state index in [1.165, 1.54) is 0 Å². The van der Waals surface area contributed by atoms with Crippen LogP contribution in [0.15, 0.2) is 0 Å². The number of hydrogen-bond donors (Lipinski definition) is 1. The molecular formula is C7H13N2O. The van der Waals surface area contributed by atoms with Crippen molar-refractivity contribution in [3.63, 3.8) is 0 Å². The van der Waals surface area contributed by atoms with Crippen molar-refractivity contribution in [1.82, 2.24) is 10.2 Å². The Morgan fingerprint density at radius 1 is 1.70 bits per heavy atom. The van der Waals surface area contributed by atoms with E-state index in [9.17, 15) is 4.79 Å². The molecule has 0 aromatic rings. The van der Waals surface area contributed by atoms with Gasteiger partial charge in [-0.1, -0.05) is 6.92 Å². The Hall–Kier alpha value is -0.570. The summed E-state index contributed by atoms with van der Waals surface area (Å²) in [6, 6.07) is 0.388. The smallest absolute Gasteiger partial charge is 0.209 e. The molecule has 0 aromatic heterocycles. The molecule has 3 heteroatoms. The van der Waals surface area contributed by atoms with E-state index in [1.807, 2.05) is 6.92 Å². The van der Waals surface area contributed by atoms with Crippen LogP contribution in [0.2, 0.25) is 0 Å². The van der Waals surface area contributed by atoms with Gasteiger partial charge in [-0.15, -0.1) is 0 Å². The summed E-state index contributed by atoms with van der Waals surface area (Å²) in [6.07, 6.45) is 2.99. The summed E-state index contributed by atoms with van der Waals surface area (Å²) in [5.74, 6) is 0. The first kappa shape index (κ1) is 7.54. The minimum absolute atomic E-state index is 0.388. The van der Waals surface area contributed by atoms with Crippen LogP contribution in [0.25, 0.3) is 0 Å². The number of nitrogens with zero attached hydrogens (tertiary/aromatic N) is 1.